The molecule has 2 aliphatic carbocycles. The molecule has 4 nitrogen and oxygen atoms in total. The highest BCUT2D eigenvalue weighted by Crippen LogP contribution is 2.52. The van der Waals surface area contributed by atoms with E-state index in [9.17, 15) is 9.59 Å². The van der Waals surface area contributed by atoms with E-state index in [1.807, 2.05) is 5.01 Å². The molecule has 3 fully saturated rings. The maximum Gasteiger partial charge on any atom is 0.248 e. The van der Waals surface area contributed by atoms with Crippen molar-refractivity contribution < 1.29 is 9.59 Å². The van der Waals surface area contributed by atoms with Crippen LogP contribution < -0.4 is 0 Å². The van der Waals surface area contributed by atoms with Gasteiger partial charge in [0, 0.05) is 13.1 Å². The predicted octanol–water partition coefficient (Wildman–Crippen LogP) is 1.19. The number of hydrogen-bond acceptors (Lipinski definition) is 3. The minimum Gasteiger partial charge on any atom is -0.273 e. The molecule has 4 rings (SSSR count). The van der Waals surface area contributed by atoms with E-state index in [2.05, 4.69) is 12.2 Å². The van der Waals surface area contributed by atoms with E-state index in [0.717, 1.165) is 32.4 Å². The van der Waals surface area contributed by atoms with Crippen LogP contribution >= 0.6 is 0 Å². The van der Waals surface area contributed by atoms with E-state index in [0.29, 0.717) is 11.8 Å². The van der Waals surface area contributed by atoms with Crippen LogP contribution in [0.15, 0.2) is 12.2 Å². The minimum absolute atomic E-state index is 0.0468. The fraction of sp³-hybridized carbons (Fsp3) is 0.714. The van der Waals surface area contributed by atoms with Gasteiger partial charge in [0.25, 0.3) is 0 Å². The van der Waals surface area contributed by atoms with Crippen molar-refractivity contribution in [2.75, 3.05) is 13.1 Å². The summed E-state index contributed by atoms with van der Waals surface area (Å²) in [6.45, 7) is 1.72. The van der Waals surface area contributed by atoms with Crippen LogP contribution in [0.2, 0.25) is 0 Å². The van der Waals surface area contributed by atoms with Gasteiger partial charge in [-0.1, -0.05) is 18.6 Å². The molecule has 4 atom stereocenters. The lowest BCUT2D eigenvalue weighted by molar-refractivity contribution is -0.161. The average molecular weight is 246 g/mol. The topological polar surface area (TPSA) is 40.6 Å². The van der Waals surface area contributed by atoms with E-state index in [4.69, 9.17) is 0 Å². The number of allylic oxidation sites excluding steroid dienone is 2. The van der Waals surface area contributed by atoms with Crippen LogP contribution in [0.4, 0.5) is 0 Å². The maximum absolute atomic E-state index is 12.5. The van der Waals surface area contributed by atoms with Gasteiger partial charge in [-0.15, -0.1) is 0 Å². The average Bonchev–Trinajstić information content (AvgIpc) is 3.05. The molecule has 2 heterocycles. The summed E-state index contributed by atoms with van der Waals surface area (Å²) in [5.74, 6) is 0.703. The van der Waals surface area contributed by atoms with Crippen LogP contribution in [-0.4, -0.2) is 34.9 Å². The molecule has 0 N–H and O–H groups in total. The molecule has 96 valence electrons. The number of imide groups is 1. The molecule has 2 bridgehead atoms. The first-order chi connectivity index (χ1) is 8.77. The first-order valence-electron chi connectivity index (χ1n) is 7.08. The largest absolute Gasteiger partial charge is 0.273 e. The van der Waals surface area contributed by atoms with Gasteiger partial charge in [-0.3, -0.25) is 9.59 Å². The van der Waals surface area contributed by atoms with Crippen LogP contribution in [0.1, 0.15) is 25.7 Å². The number of hydrogen-bond donors (Lipinski definition) is 0. The van der Waals surface area contributed by atoms with Crippen LogP contribution in [0.25, 0.3) is 0 Å². The summed E-state index contributed by atoms with van der Waals surface area (Å²) >= 11 is 0. The number of fused-ring (bicyclic) bond motifs is 5. The first-order valence-corrected chi connectivity index (χ1v) is 7.08. The minimum atomic E-state index is -0.0468. The molecule has 0 spiro atoms. The molecule has 0 aromatic rings. The van der Waals surface area contributed by atoms with E-state index in [1.165, 1.54) is 11.4 Å². The summed E-state index contributed by atoms with van der Waals surface area (Å²) in [5, 5.41) is 3.49. The van der Waals surface area contributed by atoms with Crippen LogP contribution in [0.3, 0.4) is 0 Å². The molecule has 0 aromatic heterocycles. The van der Waals surface area contributed by atoms with Crippen molar-refractivity contribution in [1.82, 2.24) is 10.0 Å². The van der Waals surface area contributed by atoms with Gasteiger partial charge in [0.2, 0.25) is 11.8 Å². The van der Waals surface area contributed by atoms with E-state index >= 15 is 0 Å². The second-order valence-electron chi connectivity index (χ2n) is 6.00. The molecule has 2 aliphatic heterocycles. The molecule has 1 saturated carbocycles. The summed E-state index contributed by atoms with van der Waals surface area (Å²) < 4.78 is 0. The van der Waals surface area contributed by atoms with Crippen molar-refractivity contribution in [1.29, 1.82) is 0 Å². The number of piperidine rings is 1. The highest BCUT2D eigenvalue weighted by molar-refractivity contribution is 6.05. The molecule has 4 aliphatic rings. The molecule has 0 unspecified atom stereocenters. The molecule has 4 heteroatoms. The lowest BCUT2D eigenvalue weighted by atomic mass is 9.85. The summed E-state index contributed by atoms with van der Waals surface area (Å²) in [5.41, 5.74) is 0. The van der Waals surface area contributed by atoms with Gasteiger partial charge in [-0.2, -0.15) is 0 Å². The third-order valence-electron chi connectivity index (χ3n) is 5.06. The molecule has 0 radical (unpaired) electrons. The highest BCUT2D eigenvalue weighted by Gasteiger charge is 2.60. The van der Waals surface area contributed by atoms with Crippen molar-refractivity contribution >= 4 is 11.8 Å². The Labute approximate surface area is 107 Å². The molecule has 0 aromatic carbocycles. The fourth-order valence-corrected chi connectivity index (χ4v) is 4.24. The van der Waals surface area contributed by atoms with Gasteiger partial charge < -0.3 is 0 Å². The number of carbonyl (C=O) groups excluding carboxylic acids is 2. The van der Waals surface area contributed by atoms with Gasteiger partial charge in [0.05, 0.1) is 11.8 Å². The Hall–Kier alpha value is -1.16. The summed E-state index contributed by atoms with van der Waals surface area (Å²) in [7, 11) is 0. The Morgan fingerprint density at radius 2 is 1.44 bits per heavy atom. The Bertz CT molecular complexity index is 409. The monoisotopic (exact) mass is 246 g/mol. The van der Waals surface area contributed by atoms with Gasteiger partial charge in [-0.25, -0.2) is 10.0 Å². The van der Waals surface area contributed by atoms with Crippen molar-refractivity contribution in [3.63, 3.8) is 0 Å². The van der Waals surface area contributed by atoms with E-state index in [1.54, 1.807) is 0 Å². The smallest absolute Gasteiger partial charge is 0.248 e. The lowest BCUT2D eigenvalue weighted by Crippen LogP contribution is -2.49. The third-order valence-corrected chi connectivity index (χ3v) is 5.06. The summed E-state index contributed by atoms with van der Waals surface area (Å²) in [6.07, 6.45) is 8.72. The van der Waals surface area contributed by atoms with Crippen molar-refractivity contribution in [3.05, 3.63) is 12.2 Å². The molecule has 18 heavy (non-hydrogen) atoms. The zero-order chi connectivity index (χ0) is 12.3. The molecular formula is C14H18N2O2. The SMILES string of the molecule is O=C1[C@@H]2[C@H](C(=O)N1N1CCCCC1)[C@H]1C=C[C@H]2C1. The fourth-order valence-electron chi connectivity index (χ4n) is 4.24. The zero-order valence-electron chi connectivity index (χ0n) is 10.4. The number of amides is 2. The molecular weight excluding hydrogens is 228 g/mol. The van der Waals surface area contributed by atoms with Crippen molar-refractivity contribution in [2.45, 2.75) is 25.7 Å². The number of hydrazine groups is 1. The van der Waals surface area contributed by atoms with Crippen molar-refractivity contribution in [2.24, 2.45) is 23.7 Å². The third kappa shape index (κ3) is 1.24. The van der Waals surface area contributed by atoms with Gasteiger partial charge in [0.15, 0.2) is 0 Å². The number of nitrogens with zero attached hydrogens (tertiary/aromatic N) is 2. The van der Waals surface area contributed by atoms with Crippen molar-refractivity contribution in [3.8, 4) is 0 Å². The van der Waals surface area contributed by atoms with E-state index < -0.39 is 0 Å². The Kier molecular flexibility index (Phi) is 2.19. The normalized spacial score (nSPS) is 43.0. The highest BCUT2D eigenvalue weighted by atomic mass is 16.2. The second-order valence-corrected chi connectivity index (χ2v) is 6.00. The number of carbonyl (C=O) groups is 2. The first kappa shape index (κ1) is 10.7. The zero-order valence-corrected chi connectivity index (χ0v) is 10.4. The van der Waals surface area contributed by atoms with Crippen LogP contribution in [0, 0.1) is 23.7 Å². The van der Waals surface area contributed by atoms with Crippen LogP contribution in [0.5, 0.6) is 0 Å². The Balaban J connectivity index is 1.63. The summed E-state index contributed by atoms with van der Waals surface area (Å²) in [4.78, 5) is 25.0. The maximum atomic E-state index is 12.5. The Morgan fingerprint density at radius 3 is 2.00 bits per heavy atom. The second kappa shape index (κ2) is 3.67. The Morgan fingerprint density at radius 1 is 0.889 bits per heavy atom. The quantitative estimate of drug-likeness (QED) is 0.515. The van der Waals surface area contributed by atoms with E-state index in [-0.39, 0.29) is 23.7 Å². The lowest BCUT2D eigenvalue weighted by Gasteiger charge is -2.33. The van der Waals surface area contributed by atoms with Crippen LogP contribution in [-0.2, 0) is 9.59 Å². The van der Waals surface area contributed by atoms with Gasteiger partial charge in [-0.05, 0) is 31.1 Å². The summed E-state index contributed by atoms with van der Waals surface area (Å²) in [6, 6.07) is 0. The van der Waals surface area contributed by atoms with Gasteiger partial charge >= 0.3 is 0 Å². The van der Waals surface area contributed by atoms with Gasteiger partial charge in [0.1, 0.15) is 0 Å². The number of rotatable bonds is 1. The molecule has 2 amide bonds. The molecule has 2 saturated heterocycles. The standard InChI is InChI=1S/C14H18N2O2/c17-13-11-9-4-5-10(8-9)12(11)14(18)16(13)15-6-2-1-3-7-15/h4-5,9-12H,1-3,6-8H2/t9-,10-,11-,12+/m0/s1. The predicted molar refractivity (Wildman–Crippen MR) is 65.0 cm³/mol.